The number of hydrogen-bond donors (Lipinski definition) is 3. The Balaban J connectivity index is 1.42. The lowest BCUT2D eigenvalue weighted by molar-refractivity contribution is -0.346. The van der Waals surface area contributed by atoms with Gasteiger partial charge in [-0.25, -0.2) is 14.4 Å². The van der Waals surface area contributed by atoms with Gasteiger partial charge >= 0.3 is 30.0 Å². The number of esters is 4. The molecule has 350 valence electrons. The van der Waals surface area contributed by atoms with Crippen LogP contribution in [-0.2, 0) is 52.3 Å². The van der Waals surface area contributed by atoms with Crippen LogP contribution in [0.1, 0.15) is 86.7 Å². The van der Waals surface area contributed by atoms with Crippen molar-refractivity contribution in [1.82, 2.24) is 5.32 Å². The number of hydrogen-bond acceptors (Lipinski definition) is 16. The number of amides is 1. The number of carbonyl (C=O) groups excluding carboxylic acids is 7. The second kappa shape index (κ2) is 18.1. The zero-order valence-corrected chi connectivity index (χ0v) is 37.5. The highest BCUT2D eigenvalue weighted by Crippen LogP contribution is 2.64. The molecule has 0 aromatic heterocycles. The van der Waals surface area contributed by atoms with Crippen LogP contribution in [0.4, 0.5) is 4.79 Å². The minimum atomic E-state index is -2.45. The fourth-order valence-corrected chi connectivity index (χ4v) is 10.4. The number of ketones is 1. The topological polar surface area (TPSA) is 237 Å². The van der Waals surface area contributed by atoms with E-state index in [1.807, 2.05) is 0 Å². The van der Waals surface area contributed by atoms with Gasteiger partial charge < -0.3 is 48.7 Å². The summed E-state index contributed by atoms with van der Waals surface area (Å²) in [4.78, 5) is 97.7. The minimum absolute atomic E-state index is 0.0437. The molecule has 2 unspecified atom stereocenters. The Hall–Kier alpha value is -6.43. The van der Waals surface area contributed by atoms with Gasteiger partial charge in [-0.1, -0.05) is 80.6 Å². The van der Waals surface area contributed by atoms with Gasteiger partial charge in [-0.05, 0) is 54.8 Å². The first-order valence-corrected chi connectivity index (χ1v) is 21.5. The number of nitrogens with one attached hydrogen (secondary N) is 1. The normalized spacial score (nSPS) is 30.5. The van der Waals surface area contributed by atoms with Crippen LogP contribution in [0, 0.1) is 16.7 Å². The van der Waals surface area contributed by atoms with E-state index in [1.165, 1.54) is 38.1 Å². The van der Waals surface area contributed by atoms with Crippen LogP contribution < -0.4 is 5.32 Å². The molecule has 3 aromatic carbocycles. The number of carbonyl (C=O) groups is 7. The van der Waals surface area contributed by atoms with Gasteiger partial charge in [-0.2, -0.15) is 0 Å². The number of methoxy groups -OCH3 is 1. The van der Waals surface area contributed by atoms with E-state index in [0.717, 1.165) is 21.0 Å². The fraction of sp³-hybridized carbons (Fsp3) is 0.449. The van der Waals surface area contributed by atoms with Gasteiger partial charge in [0.1, 0.15) is 30.0 Å². The maximum Gasteiger partial charge on any atom is 0.508 e. The zero-order chi connectivity index (χ0) is 47.9. The first kappa shape index (κ1) is 47.5. The maximum absolute atomic E-state index is 15.6. The van der Waals surface area contributed by atoms with Crippen molar-refractivity contribution in [2.45, 2.75) is 108 Å². The summed E-state index contributed by atoms with van der Waals surface area (Å²) in [6, 6.07) is 22.6. The Morgan fingerprint density at radius 3 is 1.95 bits per heavy atom. The maximum atomic E-state index is 15.6. The molecule has 3 N–H and O–H groups in total. The molecule has 3 aromatic rings. The van der Waals surface area contributed by atoms with Gasteiger partial charge in [0.15, 0.2) is 17.5 Å². The van der Waals surface area contributed by atoms with E-state index < -0.39 is 119 Å². The van der Waals surface area contributed by atoms with E-state index in [0.29, 0.717) is 5.56 Å². The number of aliphatic hydroxyl groups excluding tert-OH is 1. The van der Waals surface area contributed by atoms with Crippen LogP contribution in [0.15, 0.2) is 102 Å². The van der Waals surface area contributed by atoms with Gasteiger partial charge in [-0.15, -0.1) is 0 Å². The van der Waals surface area contributed by atoms with Crippen molar-refractivity contribution in [1.29, 1.82) is 0 Å². The summed E-state index contributed by atoms with van der Waals surface area (Å²) in [5, 5.41) is 28.7. The number of aliphatic hydroxyl groups is 2. The molecule has 2 saturated carbocycles. The fourth-order valence-electron chi connectivity index (χ4n) is 10.4. The molecular formula is C49H53NO16. The van der Waals surface area contributed by atoms with Crippen molar-refractivity contribution >= 4 is 41.7 Å². The van der Waals surface area contributed by atoms with Gasteiger partial charge in [0, 0.05) is 37.7 Å². The highest BCUT2D eigenvalue weighted by atomic mass is 16.7. The van der Waals surface area contributed by atoms with Crippen molar-refractivity contribution in [3.8, 4) is 0 Å². The van der Waals surface area contributed by atoms with Crippen LogP contribution in [0.5, 0.6) is 0 Å². The second-order valence-corrected chi connectivity index (χ2v) is 17.9. The Kier molecular flexibility index (Phi) is 13.0. The molecule has 17 heteroatoms. The minimum Gasteiger partial charge on any atom is -0.455 e. The molecule has 17 nitrogen and oxygen atoms in total. The average molecular weight is 912 g/mol. The van der Waals surface area contributed by atoms with Crippen LogP contribution in [0.2, 0.25) is 0 Å². The van der Waals surface area contributed by atoms with E-state index in [4.69, 9.17) is 33.2 Å². The molecule has 3 fully saturated rings. The van der Waals surface area contributed by atoms with Crippen molar-refractivity contribution in [3.63, 3.8) is 0 Å². The van der Waals surface area contributed by atoms with Crippen LogP contribution in [0.25, 0.3) is 0 Å². The molecule has 2 bridgehead atoms. The summed E-state index contributed by atoms with van der Waals surface area (Å²) >= 11 is 0. The summed E-state index contributed by atoms with van der Waals surface area (Å²) < 4.78 is 40.9. The van der Waals surface area contributed by atoms with E-state index in [-0.39, 0.29) is 35.3 Å². The lowest BCUT2D eigenvalue weighted by atomic mass is 9.44. The van der Waals surface area contributed by atoms with Crippen LogP contribution in [0.3, 0.4) is 0 Å². The SMILES string of the molecule is COC(=O)O[C@@H](C(=O)O[C@H]1C[C@@]2(O)[C@@H](OC(=O)c3ccccc3)C3[C@]4(OC(C)=O)COC4C[C@H](O)[C@@]3(C)C(=O)[C@H](OC(C)=O)C(=C1C)C2(C)C)[C@@H](NC(=O)c1ccccc1)c1ccccc1. The Morgan fingerprint density at radius 1 is 0.818 bits per heavy atom. The molecule has 0 radical (unpaired) electrons. The van der Waals surface area contributed by atoms with E-state index in [2.05, 4.69) is 5.32 Å². The molecule has 1 amide bonds. The molecule has 1 saturated heterocycles. The van der Waals surface area contributed by atoms with Gasteiger partial charge in [-0.3, -0.25) is 19.2 Å². The third-order valence-electron chi connectivity index (χ3n) is 13.8. The van der Waals surface area contributed by atoms with Gasteiger partial charge in [0.05, 0.1) is 36.7 Å². The predicted molar refractivity (Wildman–Crippen MR) is 229 cm³/mol. The summed E-state index contributed by atoms with van der Waals surface area (Å²) in [6.45, 7) is 7.84. The predicted octanol–water partition coefficient (Wildman–Crippen LogP) is 4.53. The standard InChI is InChI=1S/C49H53NO16/c1-26-32(63-44(57)38(64-45(58)60-7)36(29-17-11-8-12-18-29)50-42(55)30-19-13-9-14-20-30)24-49(59)41(65-43(56)31-21-15-10-16-22-31)39-47(6,33(53)23-34-48(39,25-61-34)66-28(3)52)40(54)37(62-27(2)51)35(26)46(49,4)5/h8-22,32-34,36-39,41,53,59H,23-25H2,1-7H3,(H,50,55)/t32-,33-,34?,36-,37+,38+,39?,41-,47+,48-,49+/m0/s1. The Labute approximate surface area is 380 Å². The van der Waals surface area contributed by atoms with Gasteiger partial charge in [0.25, 0.3) is 5.91 Å². The molecule has 1 aliphatic heterocycles. The quantitative estimate of drug-likeness (QED) is 0.136. The summed E-state index contributed by atoms with van der Waals surface area (Å²) in [5.41, 5.74) is -7.42. The molecular weight excluding hydrogens is 859 g/mol. The van der Waals surface area contributed by atoms with E-state index in [1.54, 1.807) is 80.6 Å². The average Bonchev–Trinajstić information content (AvgIpc) is 3.28. The number of fused-ring (bicyclic) bond motifs is 5. The zero-order valence-electron chi connectivity index (χ0n) is 37.5. The molecule has 66 heavy (non-hydrogen) atoms. The molecule has 3 aliphatic carbocycles. The van der Waals surface area contributed by atoms with Crippen molar-refractivity contribution < 1.29 is 76.9 Å². The summed E-state index contributed by atoms with van der Waals surface area (Å²) in [6.07, 6.45) is -12.1. The van der Waals surface area contributed by atoms with Crippen LogP contribution >= 0.6 is 0 Å². The largest absolute Gasteiger partial charge is 0.508 e. The van der Waals surface area contributed by atoms with Crippen molar-refractivity contribution in [2.24, 2.45) is 16.7 Å². The summed E-state index contributed by atoms with van der Waals surface area (Å²) in [7, 11) is 1.02. The molecule has 11 atom stereocenters. The Morgan fingerprint density at radius 2 is 1.41 bits per heavy atom. The number of rotatable bonds is 11. The molecule has 7 rings (SSSR count). The van der Waals surface area contributed by atoms with Crippen molar-refractivity contribution in [2.75, 3.05) is 13.7 Å². The highest BCUT2D eigenvalue weighted by molar-refractivity contribution is 5.96. The Bertz CT molecular complexity index is 2420. The van der Waals surface area contributed by atoms with E-state index >= 15 is 4.79 Å². The number of ether oxygens (including phenoxy) is 7. The first-order valence-electron chi connectivity index (χ1n) is 21.5. The van der Waals surface area contributed by atoms with Crippen LogP contribution in [-0.4, -0.2) is 113 Å². The number of benzene rings is 3. The number of Topliss-reactive ketones (excluding diaryl/α,β-unsaturated/α-hetero) is 1. The van der Waals surface area contributed by atoms with E-state index in [9.17, 15) is 39.0 Å². The van der Waals surface area contributed by atoms with Gasteiger partial charge in [0.2, 0.25) is 6.10 Å². The molecule has 4 aliphatic rings. The third-order valence-corrected chi connectivity index (χ3v) is 13.8. The third kappa shape index (κ3) is 8.13. The smallest absolute Gasteiger partial charge is 0.455 e. The van der Waals surface area contributed by atoms with Crippen molar-refractivity contribution in [3.05, 3.63) is 119 Å². The molecule has 1 heterocycles. The highest BCUT2D eigenvalue weighted by Gasteiger charge is 2.78. The first-order chi connectivity index (χ1) is 31.2. The second-order valence-electron chi connectivity index (χ2n) is 17.9. The summed E-state index contributed by atoms with van der Waals surface area (Å²) in [5.74, 6) is -7.06. The lowest BCUT2D eigenvalue weighted by Gasteiger charge is -2.67. The molecule has 0 spiro atoms. The monoisotopic (exact) mass is 911 g/mol. The lowest BCUT2D eigenvalue weighted by Crippen LogP contribution is -2.82.